The minimum absolute atomic E-state index is 0.0102. The van der Waals surface area contributed by atoms with Gasteiger partial charge in [-0.2, -0.15) is 0 Å². The molecule has 1 aliphatic carbocycles. The summed E-state index contributed by atoms with van der Waals surface area (Å²) in [7, 11) is 2.82. The molecule has 45 heavy (non-hydrogen) atoms. The molecule has 0 aromatic carbocycles. The summed E-state index contributed by atoms with van der Waals surface area (Å²) in [5.74, 6) is 0. The number of hydrazine groups is 1. The Morgan fingerprint density at radius 3 is 2.36 bits per heavy atom. The van der Waals surface area contributed by atoms with E-state index < -0.39 is 14.6 Å². The highest BCUT2D eigenvalue weighted by Gasteiger charge is 2.48. The molecular weight excluding hydrogens is 613 g/mol. The molecule has 0 radical (unpaired) electrons. The Labute approximate surface area is 276 Å². The van der Waals surface area contributed by atoms with Crippen LogP contribution in [0.1, 0.15) is 59.3 Å². The fourth-order valence-corrected chi connectivity index (χ4v) is 11.4. The summed E-state index contributed by atoms with van der Waals surface area (Å²) in [5, 5.41) is 18.4. The first-order chi connectivity index (χ1) is 21.5. The fourth-order valence-electron chi connectivity index (χ4n) is 7.71. The van der Waals surface area contributed by atoms with Gasteiger partial charge in [-0.05, 0) is 79.9 Å². The lowest BCUT2D eigenvalue weighted by atomic mass is 9.98. The molecule has 1 saturated carbocycles. The van der Waals surface area contributed by atoms with Gasteiger partial charge in [0.15, 0.2) is 9.84 Å². The molecule has 0 aromatic heterocycles. The molecule has 4 saturated heterocycles. The monoisotopic (exact) mass is 674 g/mol. The molecule has 0 amide bonds. The predicted octanol–water partition coefficient (Wildman–Crippen LogP) is -0.742. The maximum Gasteiger partial charge on any atom is 0.159 e. The van der Waals surface area contributed by atoms with Crippen LogP contribution >= 0.6 is 11.8 Å². The van der Waals surface area contributed by atoms with Crippen molar-refractivity contribution in [3.8, 4) is 0 Å². The van der Waals surface area contributed by atoms with Gasteiger partial charge in [-0.15, -0.1) is 11.8 Å². The number of ether oxygens (including phenoxy) is 1. The van der Waals surface area contributed by atoms with E-state index in [0.717, 1.165) is 84.3 Å². The van der Waals surface area contributed by atoms with Crippen LogP contribution in [0.15, 0.2) is 0 Å². The van der Waals surface area contributed by atoms with Gasteiger partial charge in [-0.1, -0.05) is 0 Å². The number of thioether (sulfide) groups is 1. The zero-order valence-corrected chi connectivity index (χ0v) is 30.1. The normalized spacial score (nSPS) is 38.2. The number of sulfone groups is 1. The van der Waals surface area contributed by atoms with Crippen LogP contribution in [0.5, 0.6) is 0 Å². The van der Waals surface area contributed by atoms with Crippen molar-refractivity contribution in [1.29, 1.82) is 0 Å². The molecule has 5 rings (SSSR count). The lowest BCUT2D eigenvalue weighted by Crippen LogP contribution is -2.75. The molecule has 7 N–H and O–H groups in total. The summed E-state index contributed by atoms with van der Waals surface area (Å²) in [6, 6.07) is 0.396. The van der Waals surface area contributed by atoms with Crippen molar-refractivity contribution < 1.29 is 13.2 Å². The summed E-state index contributed by atoms with van der Waals surface area (Å²) in [6.45, 7) is 13.9. The maximum absolute atomic E-state index is 13.9. The van der Waals surface area contributed by atoms with Crippen LogP contribution in [0.4, 0.5) is 0 Å². The maximum atomic E-state index is 13.9. The summed E-state index contributed by atoms with van der Waals surface area (Å²) in [5.41, 5.74) is 6.77. The van der Waals surface area contributed by atoms with Gasteiger partial charge in [0.25, 0.3) is 0 Å². The minimum atomic E-state index is -3.28. The topological polar surface area (TPSA) is 137 Å². The van der Waals surface area contributed by atoms with Crippen molar-refractivity contribution in [3.05, 3.63) is 0 Å². The summed E-state index contributed by atoms with van der Waals surface area (Å²) < 4.78 is 33.2. The van der Waals surface area contributed by atoms with Crippen LogP contribution in [0, 0.1) is 0 Å². The van der Waals surface area contributed by atoms with E-state index in [1.54, 1.807) is 0 Å². The van der Waals surface area contributed by atoms with E-state index >= 15 is 0 Å². The highest BCUT2D eigenvalue weighted by atomic mass is 32.2. The Balaban J connectivity index is 1.21. The van der Waals surface area contributed by atoms with Crippen molar-refractivity contribution in [2.45, 2.75) is 117 Å². The van der Waals surface area contributed by atoms with Crippen molar-refractivity contribution in [3.63, 3.8) is 0 Å². The van der Waals surface area contributed by atoms with Crippen LogP contribution < -0.4 is 37.4 Å². The average Bonchev–Trinajstić information content (AvgIpc) is 3.44. The molecule has 4 aliphatic heterocycles. The lowest BCUT2D eigenvalue weighted by molar-refractivity contribution is -0.0680. The van der Waals surface area contributed by atoms with Crippen molar-refractivity contribution in [2.75, 3.05) is 73.7 Å². The van der Waals surface area contributed by atoms with Gasteiger partial charge in [0.2, 0.25) is 0 Å². The first kappa shape index (κ1) is 36.1. The quantitative estimate of drug-likeness (QED) is 0.140. The number of hydrogen-bond acceptors (Lipinski definition) is 14. The molecule has 0 bridgehead atoms. The van der Waals surface area contributed by atoms with Crippen LogP contribution in [-0.2, 0) is 14.6 Å². The van der Waals surface area contributed by atoms with Crippen LogP contribution in [-0.4, -0.2) is 154 Å². The largest absolute Gasteiger partial charge is 0.375 e. The van der Waals surface area contributed by atoms with Gasteiger partial charge in [0.1, 0.15) is 11.6 Å². The second-order valence-corrected chi connectivity index (χ2v) is 18.8. The third kappa shape index (κ3) is 8.91. The Hall–Kier alpha value is -0.140. The number of methoxy groups -OCH3 is 1. The first-order valence-corrected chi connectivity index (χ1v) is 19.7. The number of piperazine rings is 1. The Kier molecular flexibility index (Phi) is 12.9. The van der Waals surface area contributed by atoms with Gasteiger partial charge in [0, 0.05) is 70.4 Å². The second-order valence-electron chi connectivity index (χ2n) is 14.6. The van der Waals surface area contributed by atoms with Crippen LogP contribution in [0.3, 0.4) is 0 Å². The Bertz CT molecular complexity index is 1020. The lowest BCUT2D eigenvalue weighted by Gasteiger charge is -2.50. The fraction of sp³-hybridized carbons (Fsp3) is 1.00. The zero-order valence-electron chi connectivity index (χ0n) is 28.5. The summed E-state index contributed by atoms with van der Waals surface area (Å²) in [4.78, 5) is 7.38. The molecule has 4 heterocycles. The van der Waals surface area contributed by atoms with E-state index in [2.05, 4.69) is 73.2 Å². The molecule has 15 heteroatoms. The Morgan fingerprint density at radius 2 is 1.76 bits per heavy atom. The first-order valence-electron chi connectivity index (χ1n) is 17.2. The molecule has 13 nitrogen and oxygen atoms in total. The molecule has 7 unspecified atom stereocenters. The Morgan fingerprint density at radius 1 is 1.02 bits per heavy atom. The van der Waals surface area contributed by atoms with Gasteiger partial charge in [0.05, 0.1) is 28.5 Å². The standard InChI is InChI=1S/C30H62N10O3S2/c1-21-19-25(37-36-21)33-27-26(43-6)28(40-17-15-39(16-18-40)14-13-38(4)5)35-29(34-27)44-22-7-9-23(10-8-22)45(41,42)30(2,3)24-11-12-31-20-32-24/h21-29,31-37H,7-20H2,1-6H3. The van der Waals surface area contributed by atoms with E-state index in [0.29, 0.717) is 18.0 Å². The van der Waals surface area contributed by atoms with E-state index in [-0.39, 0.29) is 41.4 Å². The van der Waals surface area contributed by atoms with E-state index in [1.165, 1.54) is 0 Å². The SMILES string of the molecule is COC1C(NC2CC(C)NN2)NC(SC2CCC(S(=O)(=O)C(C)(C)C3CCNCN3)CC2)NC1N1CCN(CCN(C)C)CC1. The van der Waals surface area contributed by atoms with E-state index in [9.17, 15) is 8.42 Å². The van der Waals surface area contributed by atoms with Crippen molar-refractivity contribution >= 4 is 21.6 Å². The second kappa shape index (κ2) is 16.0. The summed E-state index contributed by atoms with van der Waals surface area (Å²) in [6.07, 6.45) is 5.25. The predicted molar refractivity (Wildman–Crippen MR) is 183 cm³/mol. The van der Waals surface area contributed by atoms with E-state index in [1.807, 2.05) is 32.7 Å². The molecular formula is C30H62N10O3S2. The number of hydrogen-bond donors (Lipinski definition) is 7. The zero-order chi connectivity index (χ0) is 32.2. The highest BCUT2D eigenvalue weighted by Crippen LogP contribution is 2.38. The van der Waals surface area contributed by atoms with Crippen LogP contribution in [0.2, 0.25) is 0 Å². The number of nitrogens with one attached hydrogen (secondary N) is 7. The molecule has 0 spiro atoms. The van der Waals surface area contributed by atoms with Gasteiger partial charge in [-0.25, -0.2) is 13.8 Å². The molecule has 0 aromatic rings. The molecule has 7 atom stereocenters. The highest BCUT2D eigenvalue weighted by molar-refractivity contribution is 8.00. The third-order valence-corrected chi connectivity index (χ3v) is 15.2. The smallest absolute Gasteiger partial charge is 0.159 e. The van der Waals surface area contributed by atoms with Gasteiger partial charge < -0.3 is 20.3 Å². The number of rotatable bonds is 12. The number of nitrogens with zero attached hydrogens (tertiary/aromatic N) is 3. The van der Waals surface area contributed by atoms with Gasteiger partial charge in [-0.3, -0.25) is 31.2 Å². The van der Waals surface area contributed by atoms with Crippen molar-refractivity contribution in [1.82, 2.24) is 52.1 Å². The third-order valence-electron chi connectivity index (χ3n) is 10.7. The molecule has 262 valence electrons. The minimum Gasteiger partial charge on any atom is -0.375 e. The summed E-state index contributed by atoms with van der Waals surface area (Å²) >= 11 is 1.93. The average molecular weight is 675 g/mol. The van der Waals surface area contributed by atoms with Gasteiger partial charge >= 0.3 is 0 Å². The number of likely N-dealkylation sites (N-methyl/N-ethyl adjacent to an activating group) is 1. The van der Waals surface area contributed by atoms with Crippen LogP contribution in [0.25, 0.3) is 0 Å². The molecule has 5 aliphatic rings. The van der Waals surface area contributed by atoms with Crippen molar-refractivity contribution in [2.24, 2.45) is 0 Å². The molecule has 5 fully saturated rings. The van der Waals surface area contributed by atoms with E-state index in [4.69, 9.17) is 4.74 Å².